The van der Waals surface area contributed by atoms with Crippen LogP contribution in [0.1, 0.15) is 18.4 Å². The molecule has 1 aromatic heterocycles. The number of aryl methyl sites for hydroxylation is 1. The fourth-order valence-corrected chi connectivity index (χ4v) is 2.19. The number of thiocarbonyl (C=S) groups is 1. The molecule has 4 heteroatoms. The molecule has 1 aromatic carbocycles. The van der Waals surface area contributed by atoms with Gasteiger partial charge in [-0.1, -0.05) is 24.4 Å². The second-order valence-corrected chi connectivity index (χ2v) is 4.79. The molecule has 0 spiro atoms. The fraction of sp³-hybridized carbons (Fsp3) is 0.357. The maximum absolute atomic E-state index is 5.67. The first-order valence-electron chi connectivity index (χ1n) is 6.10. The van der Waals surface area contributed by atoms with Crippen LogP contribution in [0, 0.1) is 0 Å². The van der Waals surface area contributed by atoms with Gasteiger partial charge < -0.3 is 15.0 Å². The summed E-state index contributed by atoms with van der Waals surface area (Å²) in [5, 5.41) is 1.22. The highest BCUT2D eigenvalue weighted by molar-refractivity contribution is 7.80. The molecule has 0 amide bonds. The zero-order valence-corrected chi connectivity index (χ0v) is 11.4. The highest BCUT2D eigenvalue weighted by atomic mass is 32.1. The molecule has 0 atom stereocenters. The van der Waals surface area contributed by atoms with E-state index in [1.807, 2.05) is 6.07 Å². The van der Waals surface area contributed by atoms with E-state index in [-0.39, 0.29) is 0 Å². The molecule has 2 aromatic rings. The molecule has 0 unspecified atom stereocenters. The highest BCUT2D eigenvalue weighted by Gasteiger charge is 2.03. The maximum Gasteiger partial charge on any atom is 0.104 e. The van der Waals surface area contributed by atoms with Gasteiger partial charge in [0.1, 0.15) is 4.99 Å². The van der Waals surface area contributed by atoms with Gasteiger partial charge in [-0.15, -0.1) is 0 Å². The Hall–Kier alpha value is -1.39. The Balaban J connectivity index is 2.17. The Labute approximate surface area is 113 Å². The summed E-state index contributed by atoms with van der Waals surface area (Å²) in [6.07, 6.45) is 4.29. The van der Waals surface area contributed by atoms with Gasteiger partial charge in [0, 0.05) is 37.5 Å². The molecular formula is C14H18N2OS. The van der Waals surface area contributed by atoms with Crippen LogP contribution in [0.2, 0.25) is 0 Å². The molecule has 3 nitrogen and oxygen atoms in total. The molecule has 0 aliphatic rings. The number of nitrogens with zero attached hydrogens (tertiary/aromatic N) is 1. The van der Waals surface area contributed by atoms with Crippen LogP contribution in [0.25, 0.3) is 10.9 Å². The lowest BCUT2D eigenvalue weighted by Crippen LogP contribution is -2.09. The third-order valence-corrected chi connectivity index (χ3v) is 3.29. The number of benzene rings is 1. The zero-order chi connectivity index (χ0) is 13.0. The van der Waals surface area contributed by atoms with Crippen molar-refractivity contribution in [1.29, 1.82) is 0 Å². The van der Waals surface area contributed by atoms with Crippen LogP contribution in [-0.4, -0.2) is 23.3 Å². The van der Waals surface area contributed by atoms with Crippen LogP contribution in [0.15, 0.2) is 30.5 Å². The SMILES string of the molecule is COCCCCn1ccc2ccc(C(N)=S)cc21. The van der Waals surface area contributed by atoms with Gasteiger partial charge in [0.2, 0.25) is 0 Å². The van der Waals surface area contributed by atoms with Gasteiger partial charge in [-0.05, 0) is 30.4 Å². The van der Waals surface area contributed by atoms with Crippen molar-refractivity contribution < 1.29 is 4.74 Å². The molecule has 18 heavy (non-hydrogen) atoms. The summed E-state index contributed by atoms with van der Waals surface area (Å²) in [5.41, 5.74) is 7.79. The van der Waals surface area contributed by atoms with Gasteiger partial charge >= 0.3 is 0 Å². The van der Waals surface area contributed by atoms with E-state index in [9.17, 15) is 0 Å². The molecular weight excluding hydrogens is 244 g/mol. The highest BCUT2D eigenvalue weighted by Crippen LogP contribution is 2.18. The van der Waals surface area contributed by atoms with Gasteiger partial charge in [-0.3, -0.25) is 0 Å². The fourth-order valence-electron chi connectivity index (χ4n) is 2.06. The van der Waals surface area contributed by atoms with E-state index in [4.69, 9.17) is 22.7 Å². The minimum absolute atomic E-state index is 0.448. The lowest BCUT2D eigenvalue weighted by Gasteiger charge is -2.06. The smallest absolute Gasteiger partial charge is 0.104 e. The van der Waals surface area contributed by atoms with Gasteiger partial charge in [-0.25, -0.2) is 0 Å². The summed E-state index contributed by atoms with van der Waals surface area (Å²) >= 11 is 5.02. The topological polar surface area (TPSA) is 40.2 Å². The van der Waals surface area contributed by atoms with E-state index in [0.29, 0.717) is 4.99 Å². The summed E-state index contributed by atoms with van der Waals surface area (Å²) in [4.78, 5) is 0.448. The minimum atomic E-state index is 0.448. The molecule has 2 N–H and O–H groups in total. The lowest BCUT2D eigenvalue weighted by molar-refractivity contribution is 0.191. The number of aromatic nitrogens is 1. The second kappa shape index (κ2) is 5.98. The van der Waals surface area contributed by atoms with Crippen LogP contribution in [0.4, 0.5) is 0 Å². The minimum Gasteiger partial charge on any atom is -0.389 e. The number of fused-ring (bicyclic) bond motifs is 1. The zero-order valence-electron chi connectivity index (χ0n) is 10.6. The normalized spacial score (nSPS) is 10.9. The largest absolute Gasteiger partial charge is 0.389 e. The maximum atomic E-state index is 5.67. The third-order valence-electron chi connectivity index (χ3n) is 3.06. The van der Waals surface area contributed by atoms with E-state index >= 15 is 0 Å². The van der Waals surface area contributed by atoms with E-state index < -0.39 is 0 Å². The van der Waals surface area contributed by atoms with Crippen LogP contribution in [-0.2, 0) is 11.3 Å². The van der Waals surface area contributed by atoms with Crippen molar-refractivity contribution in [2.24, 2.45) is 5.73 Å². The number of ether oxygens (including phenoxy) is 1. The third kappa shape index (κ3) is 2.89. The van der Waals surface area contributed by atoms with Crippen molar-refractivity contribution in [3.8, 4) is 0 Å². The number of hydrogen-bond acceptors (Lipinski definition) is 2. The van der Waals surface area contributed by atoms with Crippen LogP contribution < -0.4 is 5.73 Å². The van der Waals surface area contributed by atoms with Gasteiger partial charge in [0.15, 0.2) is 0 Å². The Kier molecular flexibility index (Phi) is 4.33. The summed E-state index contributed by atoms with van der Waals surface area (Å²) in [7, 11) is 1.74. The van der Waals surface area contributed by atoms with Crippen LogP contribution >= 0.6 is 12.2 Å². The molecule has 0 saturated heterocycles. The Morgan fingerprint density at radius 1 is 1.33 bits per heavy atom. The lowest BCUT2D eigenvalue weighted by atomic mass is 10.1. The Bertz CT molecular complexity index is 548. The molecule has 1 heterocycles. The quantitative estimate of drug-likeness (QED) is 0.643. The van der Waals surface area contributed by atoms with Crippen molar-refractivity contribution in [2.45, 2.75) is 19.4 Å². The first-order valence-corrected chi connectivity index (χ1v) is 6.51. The number of hydrogen-bond donors (Lipinski definition) is 1. The van der Waals surface area contributed by atoms with Gasteiger partial charge in [-0.2, -0.15) is 0 Å². The van der Waals surface area contributed by atoms with E-state index in [1.165, 1.54) is 10.9 Å². The van der Waals surface area contributed by atoms with Crippen molar-refractivity contribution in [3.05, 3.63) is 36.0 Å². The molecule has 0 fully saturated rings. The van der Waals surface area contributed by atoms with E-state index in [2.05, 4.69) is 29.0 Å². The molecule has 0 bridgehead atoms. The van der Waals surface area contributed by atoms with Gasteiger partial charge in [0.05, 0.1) is 0 Å². The first-order chi connectivity index (χ1) is 8.72. The molecule has 96 valence electrons. The van der Waals surface area contributed by atoms with E-state index in [0.717, 1.165) is 31.6 Å². The van der Waals surface area contributed by atoms with E-state index in [1.54, 1.807) is 7.11 Å². The molecule has 0 aliphatic heterocycles. The predicted molar refractivity (Wildman–Crippen MR) is 78.9 cm³/mol. The molecule has 0 radical (unpaired) electrons. The molecule has 0 saturated carbocycles. The second-order valence-electron chi connectivity index (χ2n) is 4.35. The first kappa shape index (κ1) is 13.1. The molecule has 0 aliphatic carbocycles. The predicted octanol–water partition coefficient (Wildman–Crippen LogP) is 2.70. The summed E-state index contributed by atoms with van der Waals surface area (Å²) in [6, 6.07) is 8.22. The van der Waals surface area contributed by atoms with Crippen molar-refractivity contribution in [1.82, 2.24) is 4.57 Å². The number of unbranched alkanes of at least 4 members (excludes halogenated alkanes) is 1. The van der Waals surface area contributed by atoms with Gasteiger partial charge in [0.25, 0.3) is 0 Å². The monoisotopic (exact) mass is 262 g/mol. The van der Waals surface area contributed by atoms with Crippen molar-refractivity contribution in [2.75, 3.05) is 13.7 Å². The van der Waals surface area contributed by atoms with Crippen LogP contribution in [0.3, 0.4) is 0 Å². The number of methoxy groups -OCH3 is 1. The summed E-state index contributed by atoms with van der Waals surface area (Å²) in [5.74, 6) is 0. The number of nitrogens with two attached hydrogens (primary N) is 1. The number of rotatable bonds is 6. The average Bonchev–Trinajstić information content (AvgIpc) is 2.77. The van der Waals surface area contributed by atoms with Crippen molar-refractivity contribution >= 4 is 28.1 Å². The Morgan fingerprint density at radius 3 is 2.89 bits per heavy atom. The molecule has 2 rings (SSSR count). The summed E-state index contributed by atoms with van der Waals surface area (Å²) in [6.45, 7) is 1.81. The average molecular weight is 262 g/mol. The van der Waals surface area contributed by atoms with Crippen LogP contribution in [0.5, 0.6) is 0 Å². The Morgan fingerprint density at radius 2 is 2.17 bits per heavy atom. The summed E-state index contributed by atoms with van der Waals surface area (Å²) < 4.78 is 7.30. The van der Waals surface area contributed by atoms with Crippen molar-refractivity contribution in [3.63, 3.8) is 0 Å². The standard InChI is InChI=1S/C14H18N2OS/c1-17-9-3-2-7-16-8-6-11-4-5-12(14(15)18)10-13(11)16/h4-6,8,10H,2-3,7,9H2,1H3,(H2,15,18).